The first-order valence-electron chi connectivity index (χ1n) is 4.48. The lowest BCUT2D eigenvalue weighted by Gasteiger charge is -2.31. The minimum Gasteiger partial charge on any atom is -0.480 e. The van der Waals surface area contributed by atoms with E-state index >= 15 is 0 Å². The Morgan fingerprint density at radius 1 is 1.46 bits per heavy atom. The molecule has 0 aromatic heterocycles. The Hall–Kier alpha value is -0.610. The molecule has 0 aliphatic rings. The monoisotopic (exact) mass is 188 g/mol. The van der Waals surface area contributed by atoms with Crippen LogP contribution in [-0.2, 0) is 4.79 Å². The van der Waals surface area contributed by atoms with Crippen molar-refractivity contribution in [3.63, 3.8) is 0 Å². The van der Waals surface area contributed by atoms with E-state index in [2.05, 4.69) is 31.0 Å². The summed E-state index contributed by atoms with van der Waals surface area (Å²) in [6.07, 6.45) is 0. The number of nitrogens with zero attached hydrogens (tertiary/aromatic N) is 1. The zero-order valence-electron chi connectivity index (χ0n) is 8.92. The van der Waals surface area contributed by atoms with Gasteiger partial charge in [0.1, 0.15) is 0 Å². The van der Waals surface area contributed by atoms with Gasteiger partial charge in [0.25, 0.3) is 0 Å². The second-order valence-electron chi connectivity index (χ2n) is 4.16. The molecule has 0 saturated heterocycles. The van der Waals surface area contributed by atoms with Crippen LogP contribution in [0.5, 0.6) is 0 Å². The van der Waals surface area contributed by atoms with Crippen LogP contribution < -0.4 is 5.32 Å². The van der Waals surface area contributed by atoms with Crippen LogP contribution in [0, 0.1) is 0 Å². The van der Waals surface area contributed by atoms with E-state index < -0.39 is 5.97 Å². The van der Waals surface area contributed by atoms with Crippen LogP contribution in [0.4, 0.5) is 0 Å². The molecule has 0 rings (SSSR count). The van der Waals surface area contributed by atoms with Crippen molar-refractivity contribution < 1.29 is 9.90 Å². The molecule has 0 amide bonds. The van der Waals surface area contributed by atoms with Gasteiger partial charge in [-0.05, 0) is 27.8 Å². The molecular weight excluding hydrogens is 168 g/mol. The summed E-state index contributed by atoms with van der Waals surface area (Å²) in [6, 6.07) is 0. The smallest absolute Gasteiger partial charge is 0.317 e. The topological polar surface area (TPSA) is 52.6 Å². The summed E-state index contributed by atoms with van der Waals surface area (Å²) >= 11 is 0. The molecule has 0 atom stereocenters. The van der Waals surface area contributed by atoms with E-state index in [1.807, 2.05) is 7.05 Å². The Bertz CT molecular complexity index is 163. The summed E-state index contributed by atoms with van der Waals surface area (Å²) in [5.74, 6) is -0.807. The molecule has 0 bridgehead atoms. The molecule has 0 aliphatic heterocycles. The lowest BCUT2D eigenvalue weighted by molar-refractivity contribution is -0.135. The van der Waals surface area contributed by atoms with E-state index in [0.29, 0.717) is 6.54 Å². The number of carboxylic acids is 1. The van der Waals surface area contributed by atoms with Crippen molar-refractivity contribution in [2.75, 3.05) is 26.7 Å². The minimum atomic E-state index is -0.807. The highest BCUT2D eigenvalue weighted by molar-refractivity contribution is 5.68. The fourth-order valence-electron chi connectivity index (χ4n) is 0.777. The van der Waals surface area contributed by atoms with Gasteiger partial charge in [-0.25, -0.2) is 0 Å². The third kappa shape index (κ3) is 6.54. The first kappa shape index (κ1) is 12.4. The van der Waals surface area contributed by atoms with Gasteiger partial charge < -0.3 is 15.3 Å². The normalized spacial score (nSPS) is 12.1. The largest absolute Gasteiger partial charge is 0.480 e. The molecule has 0 saturated carbocycles. The molecule has 0 aromatic rings. The van der Waals surface area contributed by atoms with Crippen LogP contribution >= 0.6 is 0 Å². The minimum absolute atomic E-state index is 0.0397. The molecular formula is C9H20N2O2. The van der Waals surface area contributed by atoms with Gasteiger partial charge in [-0.1, -0.05) is 0 Å². The highest BCUT2D eigenvalue weighted by Crippen LogP contribution is 2.08. The highest BCUT2D eigenvalue weighted by Gasteiger charge is 2.15. The van der Waals surface area contributed by atoms with Gasteiger partial charge >= 0.3 is 5.97 Å². The van der Waals surface area contributed by atoms with Crippen molar-refractivity contribution in [1.82, 2.24) is 10.2 Å². The maximum absolute atomic E-state index is 10.2. The summed E-state index contributed by atoms with van der Waals surface area (Å²) in [5, 5.41) is 11.2. The van der Waals surface area contributed by atoms with Crippen LogP contribution in [0.1, 0.15) is 20.8 Å². The molecule has 4 nitrogen and oxygen atoms in total. The molecule has 0 heterocycles. The summed E-state index contributed by atoms with van der Waals surface area (Å²) < 4.78 is 0. The van der Waals surface area contributed by atoms with Gasteiger partial charge in [0.15, 0.2) is 0 Å². The molecule has 0 radical (unpaired) electrons. The van der Waals surface area contributed by atoms with E-state index in [9.17, 15) is 4.79 Å². The van der Waals surface area contributed by atoms with Gasteiger partial charge in [0.2, 0.25) is 0 Å². The summed E-state index contributed by atoms with van der Waals surface area (Å²) in [5.41, 5.74) is 0.144. The van der Waals surface area contributed by atoms with Gasteiger partial charge in [-0.15, -0.1) is 0 Å². The first-order valence-corrected chi connectivity index (χ1v) is 4.48. The quantitative estimate of drug-likeness (QED) is 0.613. The van der Waals surface area contributed by atoms with Crippen molar-refractivity contribution in [3.8, 4) is 0 Å². The van der Waals surface area contributed by atoms with E-state index in [1.54, 1.807) is 0 Å². The molecule has 78 valence electrons. The van der Waals surface area contributed by atoms with E-state index in [4.69, 9.17) is 5.11 Å². The predicted octanol–water partition coefficient (Wildman–Crippen LogP) is 0.391. The lowest BCUT2D eigenvalue weighted by Crippen LogP contribution is -2.42. The van der Waals surface area contributed by atoms with Crippen LogP contribution in [0.25, 0.3) is 0 Å². The van der Waals surface area contributed by atoms with Crippen LogP contribution in [-0.4, -0.2) is 48.2 Å². The number of rotatable bonds is 5. The number of likely N-dealkylation sites (N-methyl/N-ethyl adjacent to an activating group) is 1. The highest BCUT2D eigenvalue weighted by atomic mass is 16.4. The number of carboxylic acid groups (broad SMARTS) is 1. The average Bonchev–Trinajstić information content (AvgIpc) is 1.95. The van der Waals surface area contributed by atoms with Crippen LogP contribution in [0.3, 0.4) is 0 Å². The second-order valence-corrected chi connectivity index (χ2v) is 4.16. The van der Waals surface area contributed by atoms with Crippen molar-refractivity contribution in [3.05, 3.63) is 0 Å². The first-order chi connectivity index (χ1) is 5.84. The van der Waals surface area contributed by atoms with Crippen molar-refractivity contribution in [1.29, 1.82) is 0 Å². The number of carbonyl (C=O) groups is 1. The molecule has 0 aromatic carbocycles. The number of nitrogens with one attached hydrogen (secondary N) is 1. The molecule has 4 heteroatoms. The number of hydrogen-bond donors (Lipinski definition) is 2. The number of aliphatic carboxylic acids is 1. The fraction of sp³-hybridized carbons (Fsp3) is 0.889. The maximum Gasteiger partial charge on any atom is 0.317 e. The Morgan fingerprint density at radius 3 is 2.38 bits per heavy atom. The Labute approximate surface area is 79.9 Å². The molecule has 0 aliphatic carbocycles. The van der Waals surface area contributed by atoms with Gasteiger partial charge in [0, 0.05) is 18.6 Å². The lowest BCUT2D eigenvalue weighted by atomic mass is 10.1. The standard InChI is InChI=1S/C9H20N2O2/c1-9(2,3)11(4)6-5-10-7-8(12)13/h10H,5-7H2,1-4H3,(H,12,13). The van der Waals surface area contributed by atoms with Crippen LogP contribution in [0.2, 0.25) is 0 Å². The fourth-order valence-corrected chi connectivity index (χ4v) is 0.777. The predicted molar refractivity (Wildman–Crippen MR) is 52.9 cm³/mol. The van der Waals surface area contributed by atoms with Crippen molar-refractivity contribution in [2.45, 2.75) is 26.3 Å². The third-order valence-electron chi connectivity index (χ3n) is 2.05. The number of hydrogen-bond acceptors (Lipinski definition) is 3. The average molecular weight is 188 g/mol. The van der Waals surface area contributed by atoms with Gasteiger partial charge in [-0.3, -0.25) is 4.79 Å². The molecule has 0 unspecified atom stereocenters. The zero-order valence-corrected chi connectivity index (χ0v) is 8.92. The van der Waals surface area contributed by atoms with Crippen molar-refractivity contribution in [2.24, 2.45) is 0 Å². The Morgan fingerprint density at radius 2 is 2.00 bits per heavy atom. The van der Waals surface area contributed by atoms with Gasteiger partial charge in [-0.2, -0.15) is 0 Å². The third-order valence-corrected chi connectivity index (χ3v) is 2.05. The van der Waals surface area contributed by atoms with E-state index in [1.165, 1.54) is 0 Å². The summed E-state index contributed by atoms with van der Waals surface area (Å²) in [6.45, 7) is 7.99. The summed E-state index contributed by atoms with van der Waals surface area (Å²) in [7, 11) is 2.03. The molecule has 0 spiro atoms. The van der Waals surface area contributed by atoms with Crippen molar-refractivity contribution >= 4 is 5.97 Å². The van der Waals surface area contributed by atoms with Gasteiger partial charge in [0.05, 0.1) is 6.54 Å². The van der Waals surface area contributed by atoms with E-state index in [-0.39, 0.29) is 12.1 Å². The Kier molecular flexibility index (Phi) is 4.95. The maximum atomic E-state index is 10.2. The van der Waals surface area contributed by atoms with E-state index in [0.717, 1.165) is 6.54 Å². The zero-order chi connectivity index (χ0) is 10.5. The van der Waals surface area contributed by atoms with Crippen LogP contribution in [0.15, 0.2) is 0 Å². The molecule has 2 N–H and O–H groups in total. The molecule has 13 heavy (non-hydrogen) atoms. The second kappa shape index (κ2) is 5.19. The molecule has 0 fully saturated rings. The SMILES string of the molecule is CN(CCNCC(=O)O)C(C)(C)C. The Balaban J connectivity index is 3.49. The summed E-state index contributed by atoms with van der Waals surface area (Å²) in [4.78, 5) is 12.3.